The van der Waals surface area contributed by atoms with Crippen molar-refractivity contribution in [2.24, 2.45) is 0 Å². The fourth-order valence-corrected chi connectivity index (χ4v) is 3.20. The number of halogens is 1. The van der Waals surface area contributed by atoms with Gasteiger partial charge < -0.3 is 10.1 Å². The van der Waals surface area contributed by atoms with Gasteiger partial charge in [0.05, 0.1) is 0 Å². The predicted octanol–water partition coefficient (Wildman–Crippen LogP) is 3.57. The summed E-state index contributed by atoms with van der Waals surface area (Å²) < 4.78 is 5.93. The number of nitrogens with one attached hydrogen (secondary N) is 1. The average molecular weight is 266 g/mol. The summed E-state index contributed by atoms with van der Waals surface area (Å²) in [6.07, 6.45) is 8.06. The molecule has 18 heavy (non-hydrogen) atoms. The Kier molecular flexibility index (Phi) is 3.76. The van der Waals surface area contributed by atoms with Crippen LogP contribution in [-0.2, 0) is 6.42 Å². The standard InChI is InChI=1S/C15H20ClNO/c16-12-6-7-15-11(8-12)9-14(18-15)10-17-13-4-2-1-3-5-13/h6-8,13-14,17H,1-5,9-10H2. The Labute approximate surface area is 114 Å². The molecule has 1 aromatic carbocycles. The second-order valence-electron chi connectivity index (χ2n) is 5.44. The monoisotopic (exact) mass is 265 g/mol. The molecular weight excluding hydrogens is 246 g/mol. The molecule has 98 valence electrons. The van der Waals surface area contributed by atoms with Crippen LogP contribution < -0.4 is 10.1 Å². The molecule has 1 unspecified atom stereocenters. The normalized spacial score (nSPS) is 23.7. The summed E-state index contributed by atoms with van der Waals surface area (Å²) >= 11 is 6.00. The number of hydrogen-bond donors (Lipinski definition) is 1. The Balaban J connectivity index is 1.51. The third-order valence-electron chi connectivity index (χ3n) is 4.00. The van der Waals surface area contributed by atoms with Gasteiger partial charge in [0.2, 0.25) is 0 Å². The molecule has 1 aliphatic carbocycles. The first-order chi connectivity index (χ1) is 8.81. The molecule has 2 aliphatic rings. The Morgan fingerprint density at radius 1 is 1.22 bits per heavy atom. The summed E-state index contributed by atoms with van der Waals surface area (Å²) in [6.45, 7) is 0.955. The van der Waals surface area contributed by atoms with Crippen molar-refractivity contribution in [1.82, 2.24) is 5.32 Å². The topological polar surface area (TPSA) is 21.3 Å². The lowest BCUT2D eigenvalue weighted by atomic mass is 9.95. The number of ether oxygens (including phenoxy) is 1. The van der Waals surface area contributed by atoms with Crippen molar-refractivity contribution in [2.75, 3.05) is 6.54 Å². The van der Waals surface area contributed by atoms with Crippen LogP contribution in [-0.4, -0.2) is 18.7 Å². The summed E-state index contributed by atoms with van der Waals surface area (Å²) in [5.74, 6) is 1.01. The van der Waals surface area contributed by atoms with Crippen LogP contribution in [0.1, 0.15) is 37.7 Å². The summed E-state index contributed by atoms with van der Waals surface area (Å²) in [4.78, 5) is 0. The minimum absolute atomic E-state index is 0.278. The zero-order chi connectivity index (χ0) is 12.4. The molecule has 1 atom stereocenters. The highest BCUT2D eigenvalue weighted by Gasteiger charge is 2.24. The Bertz CT molecular complexity index is 415. The SMILES string of the molecule is Clc1ccc2c(c1)CC(CNC1CCCCC1)O2. The van der Waals surface area contributed by atoms with E-state index in [0.29, 0.717) is 6.04 Å². The highest BCUT2D eigenvalue weighted by Crippen LogP contribution is 2.31. The van der Waals surface area contributed by atoms with Gasteiger partial charge in [-0.15, -0.1) is 0 Å². The zero-order valence-electron chi connectivity index (χ0n) is 10.6. The molecule has 1 fully saturated rings. The lowest BCUT2D eigenvalue weighted by Gasteiger charge is -2.24. The van der Waals surface area contributed by atoms with E-state index in [1.54, 1.807) is 0 Å². The first kappa shape index (κ1) is 12.3. The maximum atomic E-state index is 6.00. The van der Waals surface area contributed by atoms with Gasteiger partial charge in [-0.1, -0.05) is 30.9 Å². The van der Waals surface area contributed by atoms with E-state index in [1.807, 2.05) is 18.2 Å². The summed E-state index contributed by atoms with van der Waals surface area (Å²) in [5.41, 5.74) is 1.25. The van der Waals surface area contributed by atoms with E-state index < -0.39 is 0 Å². The molecule has 1 aliphatic heterocycles. The maximum absolute atomic E-state index is 6.00. The summed E-state index contributed by atoms with van der Waals surface area (Å²) in [7, 11) is 0. The maximum Gasteiger partial charge on any atom is 0.123 e. The highest BCUT2D eigenvalue weighted by atomic mass is 35.5. The number of rotatable bonds is 3. The van der Waals surface area contributed by atoms with Gasteiger partial charge in [0.25, 0.3) is 0 Å². The molecule has 3 rings (SSSR count). The second kappa shape index (κ2) is 5.50. The van der Waals surface area contributed by atoms with Gasteiger partial charge in [0, 0.05) is 24.0 Å². The molecular formula is C15H20ClNO. The van der Waals surface area contributed by atoms with Crippen LogP contribution in [0.15, 0.2) is 18.2 Å². The van der Waals surface area contributed by atoms with E-state index in [-0.39, 0.29) is 6.10 Å². The van der Waals surface area contributed by atoms with Gasteiger partial charge in [-0.3, -0.25) is 0 Å². The first-order valence-electron chi connectivity index (χ1n) is 7.00. The fourth-order valence-electron chi connectivity index (χ4n) is 3.01. The molecule has 0 bridgehead atoms. The molecule has 0 spiro atoms. The van der Waals surface area contributed by atoms with Gasteiger partial charge in [-0.05, 0) is 36.6 Å². The zero-order valence-corrected chi connectivity index (χ0v) is 11.4. The molecule has 1 saturated carbocycles. The van der Waals surface area contributed by atoms with Gasteiger partial charge >= 0.3 is 0 Å². The number of hydrogen-bond acceptors (Lipinski definition) is 2. The Hall–Kier alpha value is -0.730. The lowest BCUT2D eigenvalue weighted by Crippen LogP contribution is -2.38. The van der Waals surface area contributed by atoms with E-state index in [2.05, 4.69) is 5.32 Å². The quantitative estimate of drug-likeness (QED) is 0.902. The smallest absolute Gasteiger partial charge is 0.123 e. The van der Waals surface area contributed by atoms with Crippen molar-refractivity contribution < 1.29 is 4.74 Å². The second-order valence-corrected chi connectivity index (χ2v) is 5.88. The third-order valence-corrected chi connectivity index (χ3v) is 4.24. The molecule has 1 aromatic rings. The van der Waals surface area contributed by atoms with E-state index in [4.69, 9.17) is 16.3 Å². The van der Waals surface area contributed by atoms with E-state index in [0.717, 1.165) is 23.7 Å². The minimum atomic E-state index is 0.278. The van der Waals surface area contributed by atoms with Crippen LogP contribution in [0.2, 0.25) is 5.02 Å². The van der Waals surface area contributed by atoms with E-state index in [9.17, 15) is 0 Å². The first-order valence-corrected chi connectivity index (χ1v) is 7.37. The van der Waals surface area contributed by atoms with Crippen molar-refractivity contribution >= 4 is 11.6 Å². The van der Waals surface area contributed by atoms with Crippen LogP contribution in [0.3, 0.4) is 0 Å². The van der Waals surface area contributed by atoms with E-state index >= 15 is 0 Å². The van der Waals surface area contributed by atoms with Crippen LogP contribution in [0, 0.1) is 0 Å². The third kappa shape index (κ3) is 2.81. The minimum Gasteiger partial charge on any atom is -0.488 e. The molecule has 2 nitrogen and oxygen atoms in total. The molecule has 1 heterocycles. The van der Waals surface area contributed by atoms with Crippen molar-refractivity contribution in [3.05, 3.63) is 28.8 Å². The Morgan fingerprint density at radius 2 is 2.06 bits per heavy atom. The average Bonchev–Trinajstić information content (AvgIpc) is 2.79. The van der Waals surface area contributed by atoms with Gasteiger partial charge in [-0.2, -0.15) is 0 Å². The van der Waals surface area contributed by atoms with Crippen LogP contribution in [0.25, 0.3) is 0 Å². The number of fused-ring (bicyclic) bond motifs is 1. The molecule has 0 amide bonds. The molecule has 0 saturated heterocycles. The lowest BCUT2D eigenvalue weighted by molar-refractivity contribution is 0.214. The highest BCUT2D eigenvalue weighted by molar-refractivity contribution is 6.30. The van der Waals surface area contributed by atoms with Crippen molar-refractivity contribution in [3.8, 4) is 5.75 Å². The van der Waals surface area contributed by atoms with Crippen molar-refractivity contribution in [2.45, 2.75) is 50.7 Å². The van der Waals surface area contributed by atoms with Gasteiger partial charge in [0.1, 0.15) is 11.9 Å². The molecule has 3 heteroatoms. The number of benzene rings is 1. The summed E-state index contributed by atoms with van der Waals surface area (Å²) in [6, 6.07) is 6.61. The van der Waals surface area contributed by atoms with Crippen LogP contribution in [0.4, 0.5) is 0 Å². The van der Waals surface area contributed by atoms with Crippen LogP contribution in [0.5, 0.6) is 5.75 Å². The predicted molar refractivity (Wildman–Crippen MR) is 74.4 cm³/mol. The van der Waals surface area contributed by atoms with Crippen molar-refractivity contribution in [1.29, 1.82) is 0 Å². The van der Waals surface area contributed by atoms with E-state index in [1.165, 1.54) is 37.7 Å². The molecule has 1 N–H and O–H groups in total. The van der Waals surface area contributed by atoms with Gasteiger partial charge in [-0.25, -0.2) is 0 Å². The van der Waals surface area contributed by atoms with Crippen molar-refractivity contribution in [3.63, 3.8) is 0 Å². The van der Waals surface area contributed by atoms with Gasteiger partial charge in [0.15, 0.2) is 0 Å². The van der Waals surface area contributed by atoms with Crippen LogP contribution >= 0.6 is 11.6 Å². The summed E-state index contributed by atoms with van der Waals surface area (Å²) in [5, 5.41) is 4.46. The Morgan fingerprint density at radius 3 is 2.89 bits per heavy atom. The molecule has 0 radical (unpaired) electrons. The molecule has 0 aromatic heterocycles. The largest absolute Gasteiger partial charge is 0.488 e. The fraction of sp³-hybridized carbons (Fsp3) is 0.600.